The molecule has 0 N–H and O–H groups in total. The highest BCUT2D eigenvalue weighted by Crippen LogP contribution is 2.20. The number of hydrogen-bond acceptors (Lipinski definition) is 8. The molecule has 10 heteroatoms. The molecule has 0 aliphatic rings. The van der Waals surface area contributed by atoms with Gasteiger partial charge in [0.1, 0.15) is 0 Å². The van der Waals surface area contributed by atoms with Crippen LogP contribution in [0.2, 0.25) is 0 Å². The van der Waals surface area contributed by atoms with Crippen molar-refractivity contribution in [1.29, 1.82) is 0 Å². The molecule has 1 atom stereocenters. The van der Waals surface area contributed by atoms with E-state index in [1.165, 1.54) is 18.0 Å². The molecule has 0 saturated heterocycles. The van der Waals surface area contributed by atoms with Crippen molar-refractivity contribution in [3.63, 3.8) is 0 Å². The third-order valence-electron chi connectivity index (χ3n) is 2.93. The highest BCUT2D eigenvalue weighted by atomic mass is 32.2. The maximum atomic E-state index is 11.8. The second-order valence-corrected chi connectivity index (χ2v) is 6.97. The molecule has 0 spiro atoms. The molecule has 1 rings (SSSR count). The van der Waals surface area contributed by atoms with E-state index in [9.17, 15) is 13.2 Å². The molecule has 0 amide bonds. The number of hydrogen-bond donors (Lipinski definition) is 0. The first-order valence-corrected chi connectivity index (χ1v) is 9.03. The predicted octanol–water partition coefficient (Wildman–Crippen LogP) is 0.783. The molecule has 0 bridgehead atoms. The van der Waals surface area contributed by atoms with Crippen LogP contribution in [0.4, 0.5) is 0 Å². The van der Waals surface area contributed by atoms with Crippen molar-refractivity contribution in [2.45, 2.75) is 32.7 Å². The predicted molar refractivity (Wildman–Crippen MR) is 81.4 cm³/mol. The van der Waals surface area contributed by atoms with Crippen LogP contribution in [0.25, 0.3) is 0 Å². The number of ether oxygens (including phenoxy) is 2. The number of aromatic nitrogens is 3. The minimum atomic E-state index is -3.40. The highest BCUT2D eigenvalue weighted by Gasteiger charge is 2.26. The minimum Gasteiger partial charge on any atom is -0.475 e. The Kier molecular flexibility index (Phi) is 7.43. The van der Waals surface area contributed by atoms with E-state index < -0.39 is 22.1 Å². The van der Waals surface area contributed by atoms with Crippen LogP contribution in [0.15, 0.2) is 6.20 Å². The van der Waals surface area contributed by atoms with Crippen LogP contribution in [0.3, 0.4) is 0 Å². The van der Waals surface area contributed by atoms with E-state index in [4.69, 9.17) is 9.47 Å². The average molecular weight is 349 g/mol. The summed E-state index contributed by atoms with van der Waals surface area (Å²) in [6, 6.07) is -0.562. The molecule has 0 radical (unpaired) electrons. The second-order valence-electron chi connectivity index (χ2n) is 5.33. The molecule has 0 saturated carbocycles. The summed E-state index contributed by atoms with van der Waals surface area (Å²) in [5.74, 6) is -0.108. The zero-order chi connectivity index (χ0) is 17.5. The molecular formula is C13H23N3O6S. The van der Waals surface area contributed by atoms with Crippen molar-refractivity contribution in [3.8, 4) is 5.88 Å². The lowest BCUT2D eigenvalue weighted by Crippen LogP contribution is -2.26. The normalized spacial score (nSPS) is 13.1. The molecule has 1 aromatic heterocycles. The van der Waals surface area contributed by atoms with Crippen LogP contribution in [-0.2, 0) is 23.8 Å². The second kappa shape index (κ2) is 8.82. The molecule has 0 fully saturated rings. The molecule has 0 aliphatic heterocycles. The lowest BCUT2D eigenvalue weighted by Gasteiger charge is -2.17. The van der Waals surface area contributed by atoms with Gasteiger partial charge in [-0.1, -0.05) is 24.2 Å². The van der Waals surface area contributed by atoms with E-state index in [-0.39, 0.29) is 12.5 Å². The Labute approximate surface area is 136 Å². The van der Waals surface area contributed by atoms with Gasteiger partial charge in [-0.15, -0.1) is 0 Å². The Morgan fingerprint density at radius 3 is 2.52 bits per heavy atom. The van der Waals surface area contributed by atoms with Crippen molar-refractivity contribution in [2.24, 2.45) is 5.92 Å². The van der Waals surface area contributed by atoms with Crippen molar-refractivity contribution < 1.29 is 26.9 Å². The van der Waals surface area contributed by atoms with Gasteiger partial charge in [0.25, 0.3) is 16.0 Å². The van der Waals surface area contributed by atoms with Gasteiger partial charge in [0.2, 0.25) is 0 Å². The molecule has 0 aromatic carbocycles. The van der Waals surface area contributed by atoms with E-state index in [1.54, 1.807) is 0 Å². The zero-order valence-electron chi connectivity index (χ0n) is 13.8. The van der Waals surface area contributed by atoms with Crippen molar-refractivity contribution >= 4 is 16.1 Å². The van der Waals surface area contributed by atoms with Gasteiger partial charge < -0.3 is 9.47 Å². The number of nitrogens with zero attached hydrogens (tertiary/aromatic N) is 3. The van der Waals surface area contributed by atoms with Gasteiger partial charge in [-0.3, -0.25) is 4.18 Å². The SMILES string of the molecule is COC(=O)C(C(C)C)n1cc(OCCCCOS(C)(=O)=O)nn1. The standard InChI is InChI=1S/C13H23N3O6S/c1-10(2)12(13(17)20-3)16-9-11(14-15-16)21-7-5-6-8-22-23(4,18)19/h9-10,12H,5-8H2,1-4H3. The van der Waals surface area contributed by atoms with Gasteiger partial charge in [0.05, 0.1) is 32.8 Å². The quantitative estimate of drug-likeness (QED) is 0.346. The van der Waals surface area contributed by atoms with Gasteiger partial charge >= 0.3 is 5.97 Å². The molecule has 23 heavy (non-hydrogen) atoms. The Bertz CT molecular complexity index is 599. The first kappa shape index (κ1) is 19.4. The fraction of sp³-hybridized carbons (Fsp3) is 0.769. The largest absolute Gasteiger partial charge is 0.475 e. The van der Waals surface area contributed by atoms with Crippen molar-refractivity contribution in [1.82, 2.24) is 15.0 Å². The fourth-order valence-electron chi connectivity index (χ4n) is 1.86. The summed E-state index contributed by atoms with van der Waals surface area (Å²) in [5.41, 5.74) is 0. The van der Waals surface area contributed by atoms with E-state index in [1.807, 2.05) is 13.8 Å². The Balaban J connectivity index is 2.43. The maximum Gasteiger partial charge on any atom is 0.330 e. The maximum absolute atomic E-state index is 11.8. The summed E-state index contributed by atoms with van der Waals surface area (Å²) in [5, 5.41) is 7.74. The van der Waals surface area contributed by atoms with Gasteiger partial charge in [0, 0.05) is 0 Å². The van der Waals surface area contributed by atoms with Crippen LogP contribution in [0, 0.1) is 5.92 Å². The van der Waals surface area contributed by atoms with Crippen molar-refractivity contribution in [2.75, 3.05) is 26.6 Å². The van der Waals surface area contributed by atoms with Gasteiger partial charge in [-0.2, -0.15) is 8.42 Å². The summed E-state index contributed by atoms with van der Waals surface area (Å²) in [4.78, 5) is 11.8. The van der Waals surface area contributed by atoms with E-state index in [0.29, 0.717) is 25.3 Å². The Morgan fingerprint density at radius 1 is 1.30 bits per heavy atom. The van der Waals surface area contributed by atoms with Gasteiger partial charge in [-0.25, -0.2) is 9.48 Å². The van der Waals surface area contributed by atoms with Gasteiger partial charge in [0.15, 0.2) is 6.04 Å². The molecule has 1 heterocycles. The smallest absolute Gasteiger partial charge is 0.330 e. The Hall–Kier alpha value is -1.68. The Morgan fingerprint density at radius 2 is 1.96 bits per heavy atom. The lowest BCUT2D eigenvalue weighted by molar-refractivity contribution is -0.146. The van der Waals surface area contributed by atoms with Crippen LogP contribution < -0.4 is 4.74 Å². The first-order valence-electron chi connectivity index (χ1n) is 7.21. The summed E-state index contributed by atoms with van der Waals surface area (Å²) in [6.07, 6.45) is 3.69. The van der Waals surface area contributed by atoms with Crippen LogP contribution >= 0.6 is 0 Å². The highest BCUT2D eigenvalue weighted by molar-refractivity contribution is 7.85. The van der Waals surface area contributed by atoms with E-state index in [2.05, 4.69) is 14.5 Å². The fourth-order valence-corrected chi connectivity index (χ4v) is 2.28. The third kappa shape index (κ3) is 6.95. The van der Waals surface area contributed by atoms with E-state index >= 15 is 0 Å². The average Bonchev–Trinajstić information content (AvgIpc) is 2.89. The number of carbonyl (C=O) groups is 1. The number of unbranched alkanes of at least 4 members (excludes halogenated alkanes) is 1. The summed E-state index contributed by atoms with van der Waals surface area (Å²) >= 11 is 0. The zero-order valence-corrected chi connectivity index (χ0v) is 14.6. The topological polar surface area (TPSA) is 110 Å². The first-order chi connectivity index (χ1) is 10.7. The minimum absolute atomic E-state index is 0.00913. The molecule has 9 nitrogen and oxygen atoms in total. The summed E-state index contributed by atoms with van der Waals surface area (Å²) in [6.45, 7) is 4.22. The lowest BCUT2D eigenvalue weighted by atomic mass is 10.1. The third-order valence-corrected chi connectivity index (χ3v) is 3.53. The number of esters is 1. The van der Waals surface area contributed by atoms with Crippen LogP contribution in [0.1, 0.15) is 32.7 Å². The van der Waals surface area contributed by atoms with Crippen LogP contribution in [0.5, 0.6) is 5.88 Å². The summed E-state index contributed by atoms with van der Waals surface area (Å²) in [7, 11) is -2.07. The molecule has 132 valence electrons. The van der Waals surface area contributed by atoms with E-state index in [0.717, 1.165) is 6.26 Å². The van der Waals surface area contributed by atoms with Crippen LogP contribution in [-0.4, -0.2) is 56.0 Å². The van der Waals surface area contributed by atoms with Crippen molar-refractivity contribution in [3.05, 3.63) is 6.20 Å². The summed E-state index contributed by atoms with van der Waals surface area (Å²) < 4.78 is 37.7. The molecular weight excluding hydrogens is 326 g/mol. The van der Waals surface area contributed by atoms with Gasteiger partial charge in [-0.05, 0) is 18.8 Å². The molecule has 0 aliphatic carbocycles. The molecule has 1 unspecified atom stereocenters. The number of carbonyl (C=O) groups excluding carboxylic acids is 1. The number of methoxy groups -OCH3 is 1. The number of rotatable bonds is 10. The molecule has 1 aromatic rings. The monoisotopic (exact) mass is 349 g/mol.